The topological polar surface area (TPSA) is 115 Å². The number of nitro benzene ring substituents is 1. The van der Waals surface area contributed by atoms with Gasteiger partial charge in [-0.1, -0.05) is 13.8 Å². The lowest BCUT2D eigenvalue weighted by Crippen LogP contribution is -2.35. The molecule has 1 rings (SSSR count). The number of aliphatic carboxylic acids is 1. The fraction of sp³-hybridized carbons (Fsp3) is 0.417. The normalized spacial score (nSPS) is 13.1. The molecule has 9 heteroatoms. The standard InChI is InChI=1S/C12H14FNO6S/c1-7(2)11(12(15)16)21(19,20)6-8-3-9(13)5-10(4-8)14(17)18/h3-5,7,11H,6H2,1-2H3,(H,15,16). The van der Waals surface area contributed by atoms with Crippen LogP contribution in [0.2, 0.25) is 0 Å². The van der Waals surface area contributed by atoms with Crippen molar-refractivity contribution >= 4 is 21.5 Å². The van der Waals surface area contributed by atoms with Crippen LogP contribution in [0.5, 0.6) is 0 Å². The Kier molecular flexibility index (Phi) is 5.00. The molecule has 1 aromatic carbocycles. The average molecular weight is 319 g/mol. The predicted molar refractivity (Wildman–Crippen MR) is 71.9 cm³/mol. The van der Waals surface area contributed by atoms with E-state index in [1.807, 2.05) is 0 Å². The van der Waals surface area contributed by atoms with Gasteiger partial charge in [0.15, 0.2) is 15.1 Å². The molecule has 0 saturated heterocycles. The number of carboxylic acid groups (broad SMARTS) is 1. The average Bonchev–Trinajstić information content (AvgIpc) is 2.24. The summed E-state index contributed by atoms with van der Waals surface area (Å²) in [6.45, 7) is 2.87. The number of hydrogen-bond acceptors (Lipinski definition) is 5. The Balaban J connectivity index is 3.20. The molecule has 0 fully saturated rings. The highest BCUT2D eigenvalue weighted by molar-refractivity contribution is 7.92. The molecule has 0 aliphatic heterocycles. The van der Waals surface area contributed by atoms with Crippen LogP contribution in [0.1, 0.15) is 19.4 Å². The zero-order valence-corrected chi connectivity index (χ0v) is 12.1. The van der Waals surface area contributed by atoms with Crippen molar-refractivity contribution < 1.29 is 27.6 Å². The Bertz CT molecular complexity index is 670. The largest absolute Gasteiger partial charge is 0.480 e. The van der Waals surface area contributed by atoms with Crippen LogP contribution in [0.25, 0.3) is 0 Å². The summed E-state index contributed by atoms with van der Waals surface area (Å²) in [4.78, 5) is 20.8. The first-order valence-corrected chi connectivity index (χ1v) is 7.64. The van der Waals surface area contributed by atoms with Gasteiger partial charge in [0.2, 0.25) is 0 Å². The summed E-state index contributed by atoms with van der Waals surface area (Å²) in [5.74, 6) is -3.92. The molecule has 0 radical (unpaired) electrons. The highest BCUT2D eigenvalue weighted by Crippen LogP contribution is 2.22. The maximum atomic E-state index is 13.3. The van der Waals surface area contributed by atoms with Crippen LogP contribution in [0.3, 0.4) is 0 Å². The lowest BCUT2D eigenvalue weighted by molar-refractivity contribution is -0.385. The highest BCUT2D eigenvalue weighted by atomic mass is 32.2. The molecule has 7 nitrogen and oxygen atoms in total. The molecule has 21 heavy (non-hydrogen) atoms. The van der Waals surface area contributed by atoms with Crippen molar-refractivity contribution in [2.45, 2.75) is 24.9 Å². The maximum absolute atomic E-state index is 13.3. The van der Waals surface area contributed by atoms with Crippen LogP contribution in [-0.2, 0) is 20.4 Å². The number of carbonyl (C=O) groups is 1. The van der Waals surface area contributed by atoms with Crippen LogP contribution in [0.4, 0.5) is 10.1 Å². The van der Waals surface area contributed by atoms with E-state index >= 15 is 0 Å². The second-order valence-corrected chi connectivity index (χ2v) is 7.01. The molecule has 0 spiro atoms. The van der Waals surface area contributed by atoms with E-state index < -0.39 is 49.2 Å². The van der Waals surface area contributed by atoms with Gasteiger partial charge in [-0.15, -0.1) is 0 Å². The SMILES string of the molecule is CC(C)C(C(=O)O)S(=O)(=O)Cc1cc(F)cc([N+](=O)[O-])c1. The van der Waals surface area contributed by atoms with E-state index in [0.29, 0.717) is 6.07 Å². The van der Waals surface area contributed by atoms with E-state index in [9.17, 15) is 27.7 Å². The van der Waals surface area contributed by atoms with Gasteiger partial charge in [-0.2, -0.15) is 0 Å². The first-order valence-electron chi connectivity index (χ1n) is 5.93. The number of rotatable bonds is 6. The van der Waals surface area contributed by atoms with E-state index in [1.54, 1.807) is 0 Å². The summed E-state index contributed by atoms with van der Waals surface area (Å²) in [5, 5.41) is 18.0. The quantitative estimate of drug-likeness (QED) is 0.631. The molecular formula is C12H14FNO6S. The minimum atomic E-state index is -4.12. The Labute approximate surface area is 120 Å². The van der Waals surface area contributed by atoms with Crippen molar-refractivity contribution in [3.05, 3.63) is 39.7 Å². The Morgan fingerprint density at radius 2 is 1.95 bits per heavy atom. The lowest BCUT2D eigenvalue weighted by Gasteiger charge is -2.16. The summed E-state index contributed by atoms with van der Waals surface area (Å²) >= 11 is 0. The van der Waals surface area contributed by atoms with Gasteiger partial charge < -0.3 is 5.11 Å². The zero-order valence-electron chi connectivity index (χ0n) is 11.3. The summed E-state index contributed by atoms with van der Waals surface area (Å²) in [7, 11) is -4.12. The summed E-state index contributed by atoms with van der Waals surface area (Å²) in [6.07, 6.45) is 0. The number of carboxylic acids is 1. The van der Waals surface area contributed by atoms with Crippen molar-refractivity contribution in [3.8, 4) is 0 Å². The number of sulfone groups is 1. The van der Waals surface area contributed by atoms with E-state index in [1.165, 1.54) is 13.8 Å². The van der Waals surface area contributed by atoms with Gasteiger partial charge in [0, 0.05) is 6.07 Å². The van der Waals surface area contributed by atoms with Crippen LogP contribution < -0.4 is 0 Å². The Morgan fingerprint density at radius 3 is 2.38 bits per heavy atom. The summed E-state index contributed by atoms with van der Waals surface area (Å²) < 4.78 is 37.5. The maximum Gasteiger partial charge on any atom is 0.322 e. The predicted octanol–water partition coefficient (Wildman–Crippen LogP) is 1.76. The minimum absolute atomic E-state index is 0.159. The van der Waals surface area contributed by atoms with Gasteiger partial charge in [-0.05, 0) is 17.5 Å². The van der Waals surface area contributed by atoms with E-state index in [0.717, 1.165) is 12.1 Å². The van der Waals surface area contributed by atoms with Gasteiger partial charge in [-0.3, -0.25) is 14.9 Å². The fourth-order valence-electron chi connectivity index (χ4n) is 2.00. The second-order valence-electron chi connectivity index (χ2n) is 4.88. The molecule has 0 amide bonds. The second kappa shape index (κ2) is 6.17. The first kappa shape index (κ1) is 17.0. The number of benzene rings is 1. The Hall–Kier alpha value is -2.03. The van der Waals surface area contributed by atoms with Crippen LogP contribution >= 0.6 is 0 Å². The molecule has 1 unspecified atom stereocenters. The van der Waals surface area contributed by atoms with Crippen molar-refractivity contribution in [3.63, 3.8) is 0 Å². The summed E-state index contributed by atoms with van der Waals surface area (Å²) in [5.41, 5.74) is -0.745. The highest BCUT2D eigenvalue weighted by Gasteiger charge is 2.35. The number of nitro groups is 1. The third kappa shape index (κ3) is 4.22. The van der Waals surface area contributed by atoms with Gasteiger partial charge in [0.25, 0.3) is 5.69 Å². The Morgan fingerprint density at radius 1 is 1.38 bits per heavy atom. The van der Waals surface area contributed by atoms with Crippen molar-refractivity contribution in [1.29, 1.82) is 0 Å². The van der Waals surface area contributed by atoms with Gasteiger partial charge in [0.1, 0.15) is 5.82 Å². The monoisotopic (exact) mass is 319 g/mol. The summed E-state index contributed by atoms with van der Waals surface area (Å²) in [6, 6.07) is 2.41. The molecule has 0 saturated carbocycles. The lowest BCUT2D eigenvalue weighted by atomic mass is 10.1. The molecule has 1 atom stereocenters. The van der Waals surface area contributed by atoms with Gasteiger partial charge >= 0.3 is 5.97 Å². The third-order valence-corrected chi connectivity index (χ3v) is 5.01. The molecule has 1 N–H and O–H groups in total. The van der Waals surface area contributed by atoms with Crippen molar-refractivity contribution in [2.75, 3.05) is 0 Å². The van der Waals surface area contributed by atoms with E-state index in [-0.39, 0.29) is 5.56 Å². The fourth-order valence-corrected chi connectivity index (χ4v) is 3.94. The molecule has 0 heterocycles. The zero-order chi connectivity index (χ0) is 16.4. The van der Waals surface area contributed by atoms with Gasteiger partial charge in [0.05, 0.1) is 16.7 Å². The molecule has 0 bridgehead atoms. The molecule has 0 aliphatic rings. The number of halogens is 1. The molecule has 116 valence electrons. The van der Waals surface area contributed by atoms with E-state index in [2.05, 4.69) is 0 Å². The van der Waals surface area contributed by atoms with Crippen LogP contribution in [0.15, 0.2) is 18.2 Å². The van der Waals surface area contributed by atoms with Crippen LogP contribution in [-0.4, -0.2) is 29.7 Å². The van der Waals surface area contributed by atoms with Crippen molar-refractivity contribution in [1.82, 2.24) is 0 Å². The number of nitrogens with zero attached hydrogens (tertiary/aromatic N) is 1. The third-order valence-electron chi connectivity index (χ3n) is 2.76. The minimum Gasteiger partial charge on any atom is -0.480 e. The number of non-ortho nitro benzene ring substituents is 1. The van der Waals surface area contributed by atoms with Crippen LogP contribution in [0, 0.1) is 21.8 Å². The first-order chi connectivity index (χ1) is 9.54. The van der Waals surface area contributed by atoms with Crippen molar-refractivity contribution in [2.24, 2.45) is 5.92 Å². The smallest absolute Gasteiger partial charge is 0.322 e. The molecule has 0 aromatic heterocycles. The van der Waals surface area contributed by atoms with E-state index in [4.69, 9.17) is 5.11 Å². The molecule has 0 aliphatic carbocycles. The molecular weight excluding hydrogens is 305 g/mol. The molecule has 1 aromatic rings. The number of hydrogen-bond donors (Lipinski definition) is 1. The van der Waals surface area contributed by atoms with Gasteiger partial charge in [-0.25, -0.2) is 12.8 Å².